The molecule has 1 aromatic heterocycles. The summed E-state index contributed by atoms with van der Waals surface area (Å²) in [5.74, 6) is 2.55. The van der Waals surface area contributed by atoms with E-state index >= 15 is 0 Å². The van der Waals surface area contributed by atoms with Crippen LogP contribution >= 0.6 is 11.5 Å². The van der Waals surface area contributed by atoms with E-state index in [1.54, 1.807) is 0 Å². The molecular formula is C15H16N2OS. The van der Waals surface area contributed by atoms with Gasteiger partial charge in [0.15, 0.2) is 0 Å². The number of aryl methyl sites for hydroxylation is 1. The molecule has 3 nitrogen and oxygen atoms in total. The maximum atomic E-state index is 5.98. The van der Waals surface area contributed by atoms with Crippen LogP contribution in [-0.2, 0) is 12.8 Å². The number of ether oxygens (including phenoxy) is 1. The molecule has 0 spiro atoms. The zero-order chi connectivity index (χ0) is 12.7. The Morgan fingerprint density at radius 3 is 2.95 bits per heavy atom. The number of hydrogen-bond donors (Lipinski definition) is 0. The Morgan fingerprint density at radius 1 is 1.16 bits per heavy atom. The smallest absolute Gasteiger partial charge is 0.298 e. The molecule has 0 bridgehead atoms. The van der Waals surface area contributed by atoms with Crippen LogP contribution < -0.4 is 4.74 Å². The van der Waals surface area contributed by atoms with Gasteiger partial charge in [-0.1, -0.05) is 12.1 Å². The molecule has 4 heteroatoms. The van der Waals surface area contributed by atoms with Gasteiger partial charge in [-0.3, -0.25) is 0 Å². The zero-order valence-corrected chi connectivity index (χ0v) is 11.6. The summed E-state index contributed by atoms with van der Waals surface area (Å²) in [5, 5.41) is 0.695. The van der Waals surface area contributed by atoms with E-state index in [1.165, 1.54) is 54.8 Å². The Balaban J connectivity index is 1.61. The molecule has 0 radical (unpaired) electrons. The normalized spacial score (nSPS) is 18.1. The van der Waals surface area contributed by atoms with Gasteiger partial charge in [0.25, 0.3) is 5.19 Å². The first kappa shape index (κ1) is 11.4. The summed E-state index contributed by atoms with van der Waals surface area (Å²) in [5.41, 5.74) is 2.81. The molecule has 2 aliphatic carbocycles. The molecule has 2 aliphatic rings. The van der Waals surface area contributed by atoms with Crippen molar-refractivity contribution < 1.29 is 4.74 Å². The van der Waals surface area contributed by atoms with E-state index < -0.39 is 0 Å². The van der Waals surface area contributed by atoms with Crippen LogP contribution in [-0.4, -0.2) is 9.36 Å². The fourth-order valence-corrected chi connectivity index (χ4v) is 3.33. The third-order valence-electron chi connectivity index (χ3n) is 3.92. The van der Waals surface area contributed by atoms with Gasteiger partial charge in [0, 0.05) is 17.5 Å². The van der Waals surface area contributed by atoms with Crippen LogP contribution in [0, 0.1) is 0 Å². The van der Waals surface area contributed by atoms with Crippen LogP contribution in [0.25, 0.3) is 0 Å². The average Bonchev–Trinajstić information content (AvgIpc) is 3.20. The molecular weight excluding hydrogens is 256 g/mol. The van der Waals surface area contributed by atoms with Crippen molar-refractivity contribution in [2.75, 3.05) is 0 Å². The molecule has 0 amide bonds. The Labute approximate surface area is 116 Å². The second-order valence-electron chi connectivity index (χ2n) is 5.40. The van der Waals surface area contributed by atoms with Gasteiger partial charge < -0.3 is 4.74 Å². The van der Waals surface area contributed by atoms with E-state index in [1.807, 2.05) is 0 Å². The molecule has 19 heavy (non-hydrogen) atoms. The largest absolute Gasteiger partial charge is 0.430 e. The highest BCUT2D eigenvalue weighted by molar-refractivity contribution is 7.07. The highest BCUT2D eigenvalue weighted by atomic mass is 32.1. The minimum absolute atomic E-state index is 0.596. The van der Waals surface area contributed by atoms with Gasteiger partial charge >= 0.3 is 0 Å². The minimum atomic E-state index is 0.596. The predicted molar refractivity (Wildman–Crippen MR) is 75.0 cm³/mol. The van der Waals surface area contributed by atoms with Gasteiger partial charge in [0.05, 0.1) is 0 Å². The fraction of sp³-hybridized carbons (Fsp3) is 0.467. The molecule has 0 aliphatic heterocycles. The summed E-state index contributed by atoms with van der Waals surface area (Å²) in [7, 11) is 0. The van der Waals surface area contributed by atoms with Crippen molar-refractivity contribution in [2.24, 2.45) is 0 Å². The van der Waals surface area contributed by atoms with Crippen LogP contribution in [0.5, 0.6) is 10.9 Å². The molecule has 1 fully saturated rings. The fourth-order valence-electron chi connectivity index (χ4n) is 2.70. The van der Waals surface area contributed by atoms with Crippen molar-refractivity contribution in [2.45, 2.75) is 44.4 Å². The molecule has 0 N–H and O–H groups in total. The van der Waals surface area contributed by atoms with Gasteiger partial charge in [-0.25, -0.2) is 0 Å². The molecule has 1 aromatic carbocycles. The van der Waals surface area contributed by atoms with Crippen LogP contribution in [0.15, 0.2) is 18.2 Å². The zero-order valence-electron chi connectivity index (χ0n) is 10.8. The highest BCUT2D eigenvalue weighted by Crippen LogP contribution is 2.40. The van der Waals surface area contributed by atoms with Crippen molar-refractivity contribution in [3.8, 4) is 10.9 Å². The van der Waals surface area contributed by atoms with Gasteiger partial charge in [0.2, 0.25) is 0 Å². The van der Waals surface area contributed by atoms with Gasteiger partial charge in [-0.05, 0) is 55.7 Å². The van der Waals surface area contributed by atoms with Crippen molar-refractivity contribution >= 4 is 11.5 Å². The molecule has 2 aromatic rings. The molecule has 0 atom stereocenters. The third-order valence-corrected chi connectivity index (χ3v) is 4.52. The first-order valence-corrected chi connectivity index (χ1v) is 7.80. The first-order chi connectivity index (χ1) is 9.40. The molecule has 4 rings (SSSR count). The summed E-state index contributed by atoms with van der Waals surface area (Å²) < 4.78 is 10.4. The number of fused-ring (bicyclic) bond motifs is 1. The van der Waals surface area contributed by atoms with Crippen molar-refractivity contribution in [1.29, 1.82) is 0 Å². The second-order valence-corrected chi connectivity index (χ2v) is 6.11. The van der Waals surface area contributed by atoms with E-state index in [0.29, 0.717) is 11.1 Å². The van der Waals surface area contributed by atoms with Crippen LogP contribution in [0.3, 0.4) is 0 Å². The Morgan fingerprint density at radius 2 is 2.05 bits per heavy atom. The summed E-state index contributed by atoms with van der Waals surface area (Å²) in [6.07, 6.45) is 7.32. The van der Waals surface area contributed by atoms with Gasteiger partial charge in [-0.2, -0.15) is 9.36 Å². The molecule has 0 saturated heterocycles. The monoisotopic (exact) mass is 272 g/mol. The number of benzene rings is 1. The van der Waals surface area contributed by atoms with E-state index in [2.05, 4.69) is 27.6 Å². The topological polar surface area (TPSA) is 35.0 Å². The van der Waals surface area contributed by atoms with Crippen molar-refractivity contribution in [1.82, 2.24) is 9.36 Å². The maximum Gasteiger partial charge on any atom is 0.298 e. The Kier molecular flexibility index (Phi) is 2.76. The highest BCUT2D eigenvalue weighted by Gasteiger charge is 2.28. The van der Waals surface area contributed by atoms with Crippen molar-refractivity contribution in [3.63, 3.8) is 0 Å². The Hall–Kier alpha value is -1.42. The molecule has 1 saturated carbocycles. The van der Waals surface area contributed by atoms with E-state index in [9.17, 15) is 0 Å². The third kappa shape index (κ3) is 2.25. The number of aromatic nitrogens is 2. The second kappa shape index (κ2) is 4.60. The van der Waals surface area contributed by atoms with Crippen LogP contribution in [0.4, 0.5) is 0 Å². The van der Waals surface area contributed by atoms with Gasteiger partial charge in [0.1, 0.15) is 11.6 Å². The lowest BCUT2D eigenvalue weighted by atomic mass is 9.91. The maximum absolute atomic E-state index is 5.98. The lowest BCUT2D eigenvalue weighted by Gasteiger charge is -2.18. The van der Waals surface area contributed by atoms with E-state index in [0.717, 1.165) is 18.0 Å². The van der Waals surface area contributed by atoms with E-state index in [-0.39, 0.29) is 0 Å². The number of hydrogen-bond acceptors (Lipinski definition) is 4. The lowest BCUT2D eigenvalue weighted by molar-refractivity contribution is 0.465. The standard InChI is InChI=1S/C15H16N2OS/c1-2-6-12-10(4-1)5-3-7-13(12)18-15-16-14(17-19-15)11-8-9-11/h3,5,7,11H,1-2,4,6,8-9H2. The number of nitrogens with zero attached hydrogens (tertiary/aromatic N) is 2. The SMILES string of the molecule is c1cc2c(c(Oc3nc(C4CC4)ns3)c1)CCCC2. The predicted octanol–water partition coefficient (Wildman–Crippen LogP) is 4.09. The van der Waals surface area contributed by atoms with Crippen LogP contribution in [0.2, 0.25) is 0 Å². The molecule has 0 unspecified atom stereocenters. The Bertz CT molecular complexity index is 604. The summed E-state index contributed by atoms with van der Waals surface area (Å²) in [4.78, 5) is 4.50. The first-order valence-electron chi connectivity index (χ1n) is 7.02. The summed E-state index contributed by atoms with van der Waals surface area (Å²) >= 11 is 1.38. The summed E-state index contributed by atoms with van der Waals surface area (Å²) in [6, 6.07) is 6.36. The molecule has 1 heterocycles. The quantitative estimate of drug-likeness (QED) is 0.844. The minimum Gasteiger partial charge on any atom is -0.430 e. The molecule has 98 valence electrons. The van der Waals surface area contributed by atoms with Crippen LogP contribution in [0.1, 0.15) is 48.6 Å². The average molecular weight is 272 g/mol. The van der Waals surface area contributed by atoms with Crippen molar-refractivity contribution in [3.05, 3.63) is 35.2 Å². The summed E-state index contributed by atoms with van der Waals surface area (Å²) in [6.45, 7) is 0. The number of rotatable bonds is 3. The van der Waals surface area contributed by atoms with Gasteiger partial charge in [-0.15, -0.1) is 0 Å². The lowest BCUT2D eigenvalue weighted by Crippen LogP contribution is -2.04. The van der Waals surface area contributed by atoms with E-state index in [4.69, 9.17) is 4.74 Å².